The van der Waals surface area contributed by atoms with Gasteiger partial charge in [-0.3, -0.25) is 13.9 Å². The SMILES string of the molecule is CO[C@H]1CCCN(Cc2cc(C(F)(F)F)c3cn(-c4cccc(C5(Cc6nncn6C)COC5)c4)c(=O)n3c2)C1. The van der Waals surface area contributed by atoms with E-state index >= 15 is 0 Å². The maximum Gasteiger partial charge on any atom is 0.418 e. The molecule has 0 bridgehead atoms. The highest BCUT2D eigenvalue weighted by Crippen LogP contribution is 2.37. The van der Waals surface area contributed by atoms with Crippen LogP contribution in [-0.2, 0) is 41.1 Å². The number of aryl methyl sites for hydroxylation is 1. The fourth-order valence-electron chi connectivity index (χ4n) is 5.83. The Balaban J connectivity index is 1.38. The van der Waals surface area contributed by atoms with E-state index in [1.807, 2.05) is 29.8 Å². The number of alkyl halides is 3. The van der Waals surface area contributed by atoms with Crippen molar-refractivity contribution in [1.82, 2.24) is 28.6 Å². The Morgan fingerprint density at radius 1 is 1.20 bits per heavy atom. The number of fused-ring (bicyclic) bond motifs is 1. The highest BCUT2D eigenvalue weighted by molar-refractivity contribution is 5.58. The summed E-state index contributed by atoms with van der Waals surface area (Å²) in [5.74, 6) is 0.799. The molecule has 212 valence electrons. The lowest BCUT2D eigenvalue weighted by Gasteiger charge is -2.41. The van der Waals surface area contributed by atoms with Gasteiger partial charge in [0.1, 0.15) is 12.2 Å². The van der Waals surface area contributed by atoms with Crippen LogP contribution in [0.4, 0.5) is 13.2 Å². The van der Waals surface area contributed by atoms with E-state index in [4.69, 9.17) is 9.47 Å². The standard InChI is InChI=1S/C28H31F3N6O3/c1-34-18-32-33-25(34)11-27(16-40-17-27)20-5-3-6-21(10-20)36-15-24-23(28(29,30)31)9-19(13-37(24)26(36)38)12-35-8-4-7-22(14-35)39-2/h3,5-6,9-10,13,15,18,22H,4,7-8,11-12,14,16-17H2,1-2H3/t22-/m0/s1. The van der Waals surface area contributed by atoms with Gasteiger partial charge in [0.2, 0.25) is 0 Å². The number of halogens is 3. The number of hydrogen-bond acceptors (Lipinski definition) is 6. The lowest BCUT2D eigenvalue weighted by molar-refractivity contribution is -0.136. The van der Waals surface area contributed by atoms with Crippen molar-refractivity contribution in [3.63, 3.8) is 0 Å². The van der Waals surface area contributed by atoms with Crippen LogP contribution in [-0.4, -0.2) is 68.1 Å². The van der Waals surface area contributed by atoms with Crippen LogP contribution in [0.1, 0.15) is 35.4 Å². The molecule has 0 radical (unpaired) electrons. The average Bonchev–Trinajstić information content (AvgIpc) is 3.47. The Kier molecular flexibility index (Phi) is 6.79. The van der Waals surface area contributed by atoms with Gasteiger partial charge in [-0.25, -0.2) is 4.79 Å². The zero-order valence-electron chi connectivity index (χ0n) is 22.4. The van der Waals surface area contributed by atoms with Gasteiger partial charge in [0.15, 0.2) is 0 Å². The van der Waals surface area contributed by atoms with Crippen molar-refractivity contribution in [2.75, 3.05) is 33.4 Å². The number of pyridine rings is 1. The number of imidazole rings is 1. The van der Waals surface area contributed by atoms with Gasteiger partial charge in [-0.1, -0.05) is 12.1 Å². The van der Waals surface area contributed by atoms with Crippen molar-refractivity contribution < 1.29 is 22.6 Å². The van der Waals surface area contributed by atoms with Crippen LogP contribution in [0.3, 0.4) is 0 Å². The summed E-state index contributed by atoms with van der Waals surface area (Å²) >= 11 is 0. The molecule has 40 heavy (non-hydrogen) atoms. The third-order valence-corrected chi connectivity index (χ3v) is 8.13. The number of rotatable bonds is 7. The first kappa shape index (κ1) is 26.7. The topological polar surface area (TPSA) is 78.8 Å². The van der Waals surface area contributed by atoms with E-state index in [0.717, 1.165) is 41.2 Å². The number of benzene rings is 1. The van der Waals surface area contributed by atoms with Crippen molar-refractivity contribution >= 4 is 5.52 Å². The zero-order chi connectivity index (χ0) is 28.1. The first-order chi connectivity index (χ1) is 19.2. The fraction of sp³-hybridized carbons (Fsp3) is 0.464. The predicted octanol–water partition coefficient (Wildman–Crippen LogP) is 3.36. The third kappa shape index (κ3) is 4.84. The molecule has 2 aliphatic rings. The molecule has 0 unspecified atom stereocenters. The molecule has 2 aliphatic heterocycles. The normalized spacial score (nSPS) is 19.7. The first-order valence-corrected chi connectivity index (χ1v) is 13.3. The highest BCUT2D eigenvalue weighted by atomic mass is 19.4. The van der Waals surface area contributed by atoms with Crippen molar-refractivity contribution in [1.29, 1.82) is 0 Å². The molecule has 1 atom stereocenters. The Morgan fingerprint density at radius 2 is 2.02 bits per heavy atom. The lowest BCUT2D eigenvalue weighted by atomic mass is 9.75. The maximum atomic E-state index is 14.2. The number of nitrogens with zero attached hydrogens (tertiary/aromatic N) is 6. The third-order valence-electron chi connectivity index (χ3n) is 8.13. The minimum atomic E-state index is -4.62. The molecule has 12 heteroatoms. The van der Waals surface area contributed by atoms with Gasteiger partial charge in [-0.2, -0.15) is 13.2 Å². The summed E-state index contributed by atoms with van der Waals surface area (Å²) in [7, 11) is 3.52. The van der Waals surface area contributed by atoms with Gasteiger partial charge < -0.3 is 14.0 Å². The maximum absolute atomic E-state index is 14.2. The molecule has 3 aromatic heterocycles. The first-order valence-electron chi connectivity index (χ1n) is 13.3. The summed E-state index contributed by atoms with van der Waals surface area (Å²) in [5.41, 5.74) is -0.0814. The van der Waals surface area contributed by atoms with Gasteiger partial charge in [-0.15, -0.1) is 10.2 Å². The van der Waals surface area contributed by atoms with E-state index in [9.17, 15) is 18.0 Å². The smallest absolute Gasteiger partial charge is 0.380 e. The molecule has 0 saturated carbocycles. The number of ether oxygens (including phenoxy) is 2. The van der Waals surface area contributed by atoms with Crippen molar-refractivity contribution in [2.24, 2.45) is 7.05 Å². The second-order valence-electron chi connectivity index (χ2n) is 10.9. The highest BCUT2D eigenvalue weighted by Gasteiger charge is 2.42. The fourth-order valence-corrected chi connectivity index (χ4v) is 5.83. The van der Waals surface area contributed by atoms with Gasteiger partial charge >= 0.3 is 11.9 Å². The Bertz CT molecular complexity index is 1590. The van der Waals surface area contributed by atoms with E-state index in [1.54, 1.807) is 19.5 Å². The number of methoxy groups -OCH3 is 1. The van der Waals surface area contributed by atoms with E-state index < -0.39 is 17.4 Å². The van der Waals surface area contributed by atoms with Crippen molar-refractivity contribution in [2.45, 2.75) is 43.5 Å². The number of hydrogen-bond donors (Lipinski definition) is 0. The summed E-state index contributed by atoms with van der Waals surface area (Å²) in [4.78, 5) is 15.6. The molecular formula is C28H31F3N6O3. The summed E-state index contributed by atoms with van der Waals surface area (Å²) in [6.07, 6.45) is 2.29. The average molecular weight is 557 g/mol. The second-order valence-corrected chi connectivity index (χ2v) is 10.9. The van der Waals surface area contributed by atoms with Crippen LogP contribution in [0.5, 0.6) is 0 Å². The minimum Gasteiger partial charge on any atom is -0.380 e. The molecule has 4 aromatic rings. The van der Waals surface area contributed by atoms with Crippen LogP contribution in [0.2, 0.25) is 0 Å². The summed E-state index contributed by atoms with van der Waals surface area (Å²) in [6.45, 7) is 2.65. The van der Waals surface area contributed by atoms with E-state index in [1.165, 1.54) is 17.0 Å². The number of likely N-dealkylation sites (tertiary alicyclic amines) is 1. The Labute approximate surface area is 228 Å². The quantitative estimate of drug-likeness (QED) is 0.348. The molecule has 2 saturated heterocycles. The summed E-state index contributed by atoms with van der Waals surface area (Å²) in [6, 6.07) is 8.51. The minimum absolute atomic E-state index is 0.0497. The molecule has 1 aromatic carbocycles. The monoisotopic (exact) mass is 556 g/mol. The van der Waals surface area contributed by atoms with E-state index in [0.29, 0.717) is 44.0 Å². The molecule has 5 heterocycles. The van der Waals surface area contributed by atoms with Crippen molar-refractivity contribution in [3.8, 4) is 5.69 Å². The molecule has 6 rings (SSSR count). The van der Waals surface area contributed by atoms with Crippen LogP contribution in [0, 0.1) is 0 Å². The molecule has 2 fully saturated rings. The lowest BCUT2D eigenvalue weighted by Crippen LogP contribution is -2.49. The van der Waals surface area contributed by atoms with Crippen LogP contribution >= 0.6 is 0 Å². The molecule has 0 aliphatic carbocycles. The largest absolute Gasteiger partial charge is 0.418 e. The van der Waals surface area contributed by atoms with Gasteiger partial charge in [-0.05, 0) is 48.7 Å². The van der Waals surface area contributed by atoms with Gasteiger partial charge in [0.05, 0.1) is 36.1 Å². The second kappa shape index (κ2) is 10.2. The van der Waals surface area contributed by atoms with E-state index in [-0.39, 0.29) is 17.0 Å². The molecular weight excluding hydrogens is 525 g/mol. The number of aromatic nitrogens is 5. The summed E-state index contributed by atoms with van der Waals surface area (Å²) < 4.78 is 58.0. The Hall–Kier alpha value is -3.48. The molecule has 0 N–H and O–H groups in total. The van der Waals surface area contributed by atoms with Crippen molar-refractivity contribution in [3.05, 3.63) is 82.1 Å². The number of piperidine rings is 1. The van der Waals surface area contributed by atoms with Gasteiger partial charge in [0.25, 0.3) is 0 Å². The molecule has 9 nitrogen and oxygen atoms in total. The molecule has 0 spiro atoms. The summed E-state index contributed by atoms with van der Waals surface area (Å²) in [5, 5.41) is 8.17. The Morgan fingerprint density at radius 3 is 2.70 bits per heavy atom. The van der Waals surface area contributed by atoms with Gasteiger partial charge in [0, 0.05) is 51.5 Å². The molecule has 0 amide bonds. The van der Waals surface area contributed by atoms with Crippen LogP contribution in [0.15, 0.2) is 53.8 Å². The van der Waals surface area contributed by atoms with Crippen LogP contribution < -0.4 is 5.69 Å². The zero-order valence-corrected chi connectivity index (χ0v) is 22.4. The van der Waals surface area contributed by atoms with Crippen LogP contribution in [0.25, 0.3) is 11.2 Å². The van der Waals surface area contributed by atoms with E-state index in [2.05, 4.69) is 15.1 Å². The predicted molar refractivity (Wildman–Crippen MR) is 141 cm³/mol.